The minimum absolute atomic E-state index is 0.0134. The van der Waals surface area contributed by atoms with Crippen molar-refractivity contribution in [3.05, 3.63) is 65.2 Å². The average Bonchev–Trinajstić information content (AvgIpc) is 2.65. The van der Waals surface area contributed by atoms with Crippen LogP contribution in [-0.4, -0.2) is 42.4 Å². The van der Waals surface area contributed by atoms with Gasteiger partial charge >= 0.3 is 0 Å². The Kier molecular flexibility index (Phi) is 4.88. The summed E-state index contributed by atoms with van der Waals surface area (Å²) >= 11 is 0. The van der Waals surface area contributed by atoms with E-state index in [1.165, 1.54) is 12.7 Å². The summed E-state index contributed by atoms with van der Waals surface area (Å²) in [6.45, 7) is 1.76. The molecule has 0 aromatic heterocycles. The molecule has 2 atom stereocenters. The topological polar surface area (TPSA) is 41.9 Å². The van der Waals surface area contributed by atoms with Gasteiger partial charge in [-0.25, -0.2) is 8.78 Å². The highest BCUT2D eigenvalue weighted by atomic mass is 19.2. The molecule has 2 aliphatic rings. The predicted octanol–water partition coefficient (Wildman–Crippen LogP) is 3.22. The lowest BCUT2D eigenvalue weighted by atomic mass is 9.76. The minimum Gasteiger partial charge on any atom is -0.496 e. The first-order valence-electron chi connectivity index (χ1n) is 9.13. The molecule has 144 valence electrons. The Labute approximate surface area is 157 Å². The van der Waals surface area contributed by atoms with Gasteiger partial charge in [0.05, 0.1) is 25.9 Å². The first-order chi connectivity index (χ1) is 13.0. The smallest absolute Gasteiger partial charge is 0.162 e. The van der Waals surface area contributed by atoms with E-state index in [-0.39, 0.29) is 17.8 Å². The van der Waals surface area contributed by atoms with Gasteiger partial charge in [-0.3, -0.25) is 4.90 Å². The number of rotatable bonds is 4. The molecule has 2 bridgehead atoms. The number of nitrogens with zero attached hydrogens (tertiary/aromatic N) is 1. The summed E-state index contributed by atoms with van der Waals surface area (Å²) < 4.78 is 38.5. The highest BCUT2D eigenvalue weighted by Gasteiger charge is 2.48. The third-order valence-corrected chi connectivity index (χ3v) is 5.66. The maximum Gasteiger partial charge on any atom is 0.162 e. The van der Waals surface area contributed by atoms with Gasteiger partial charge in [-0.15, -0.1) is 0 Å². The number of piperidine rings is 1. The normalized spacial score (nSPS) is 28.1. The molecule has 0 saturated carbocycles. The molecule has 0 aliphatic carbocycles. The van der Waals surface area contributed by atoms with E-state index in [1.807, 2.05) is 18.2 Å². The molecule has 0 spiro atoms. The fourth-order valence-electron chi connectivity index (χ4n) is 4.38. The lowest BCUT2D eigenvalue weighted by molar-refractivity contribution is -0.150. The van der Waals surface area contributed by atoms with Crippen LogP contribution in [-0.2, 0) is 16.9 Å². The Morgan fingerprint density at radius 1 is 1.11 bits per heavy atom. The predicted molar refractivity (Wildman–Crippen MR) is 96.4 cm³/mol. The second kappa shape index (κ2) is 7.19. The molecule has 2 aromatic carbocycles. The number of benzene rings is 2. The number of hydrogen-bond acceptors (Lipinski definition) is 4. The molecule has 2 fully saturated rings. The summed E-state index contributed by atoms with van der Waals surface area (Å²) in [5.41, 5.74) is 0.219. The van der Waals surface area contributed by atoms with Crippen LogP contribution < -0.4 is 4.74 Å². The van der Waals surface area contributed by atoms with Crippen LogP contribution in [0.25, 0.3) is 0 Å². The van der Waals surface area contributed by atoms with Crippen LogP contribution in [0.1, 0.15) is 24.0 Å². The Balaban J connectivity index is 1.64. The summed E-state index contributed by atoms with van der Waals surface area (Å²) in [5.74, 6) is -1.79. The fraction of sp³-hybridized carbons (Fsp3) is 0.429. The van der Waals surface area contributed by atoms with E-state index < -0.39 is 17.2 Å². The molecule has 27 heavy (non-hydrogen) atoms. The molecular weight excluding hydrogens is 352 g/mol. The van der Waals surface area contributed by atoms with Crippen LogP contribution in [0, 0.1) is 11.6 Å². The van der Waals surface area contributed by atoms with Gasteiger partial charge in [0.1, 0.15) is 5.75 Å². The Morgan fingerprint density at radius 3 is 2.37 bits per heavy atom. The molecule has 6 heteroatoms. The van der Waals surface area contributed by atoms with Gasteiger partial charge in [-0.2, -0.15) is 0 Å². The van der Waals surface area contributed by atoms with E-state index in [4.69, 9.17) is 9.47 Å². The fourth-order valence-corrected chi connectivity index (χ4v) is 4.38. The van der Waals surface area contributed by atoms with E-state index >= 15 is 0 Å². The van der Waals surface area contributed by atoms with Gasteiger partial charge in [0.15, 0.2) is 11.6 Å². The van der Waals surface area contributed by atoms with Crippen LogP contribution >= 0.6 is 0 Å². The lowest BCUT2D eigenvalue weighted by Crippen LogP contribution is -2.60. The molecule has 2 heterocycles. The molecule has 4 nitrogen and oxygen atoms in total. The Hall–Kier alpha value is -2.02. The van der Waals surface area contributed by atoms with E-state index in [1.54, 1.807) is 0 Å². The average molecular weight is 375 g/mol. The summed E-state index contributed by atoms with van der Waals surface area (Å²) in [5, 5.41) is 11.4. The van der Waals surface area contributed by atoms with Crippen molar-refractivity contribution in [3.8, 4) is 5.75 Å². The highest BCUT2D eigenvalue weighted by Crippen LogP contribution is 2.45. The molecule has 2 aliphatic heterocycles. The van der Waals surface area contributed by atoms with Crippen molar-refractivity contribution in [2.75, 3.05) is 20.3 Å². The molecule has 2 saturated heterocycles. The number of morpholine rings is 1. The standard InChI is InChI=1S/C21H23F2NO3/c1-26-20-8-19(23)18(22)7-17(20)21(25)9-15-12-27-13-16(10-21)24(15)11-14-5-3-2-4-6-14/h2-8,15-16,25H,9-13H2,1H3. The van der Waals surface area contributed by atoms with Gasteiger partial charge in [0.2, 0.25) is 0 Å². The van der Waals surface area contributed by atoms with E-state index in [0.29, 0.717) is 31.6 Å². The van der Waals surface area contributed by atoms with Crippen molar-refractivity contribution in [3.63, 3.8) is 0 Å². The minimum atomic E-state index is -1.29. The van der Waals surface area contributed by atoms with Gasteiger partial charge < -0.3 is 14.6 Å². The second-order valence-corrected chi connectivity index (χ2v) is 7.41. The molecule has 0 radical (unpaired) electrons. The lowest BCUT2D eigenvalue weighted by Gasteiger charge is -2.52. The van der Waals surface area contributed by atoms with E-state index in [0.717, 1.165) is 18.7 Å². The number of ether oxygens (including phenoxy) is 2. The molecule has 0 amide bonds. The second-order valence-electron chi connectivity index (χ2n) is 7.41. The van der Waals surface area contributed by atoms with Crippen LogP contribution in [0.3, 0.4) is 0 Å². The molecular formula is C21H23F2NO3. The number of methoxy groups -OCH3 is 1. The zero-order chi connectivity index (χ0) is 19.0. The quantitative estimate of drug-likeness (QED) is 0.891. The van der Waals surface area contributed by atoms with Crippen molar-refractivity contribution in [2.24, 2.45) is 0 Å². The van der Waals surface area contributed by atoms with Crippen molar-refractivity contribution in [1.29, 1.82) is 0 Å². The van der Waals surface area contributed by atoms with Crippen molar-refractivity contribution >= 4 is 0 Å². The van der Waals surface area contributed by atoms with Crippen molar-refractivity contribution in [2.45, 2.75) is 37.1 Å². The van der Waals surface area contributed by atoms with Gasteiger partial charge in [0, 0.05) is 30.3 Å². The molecule has 4 rings (SSSR count). The zero-order valence-corrected chi connectivity index (χ0v) is 15.2. The van der Waals surface area contributed by atoms with Crippen molar-refractivity contribution < 1.29 is 23.4 Å². The third-order valence-electron chi connectivity index (χ3n) is 5.66. The maximum atomic E-state index is 13.9. The molecule has 2 unspecified atom stereocenters. The number of hydrogen-bond donors (Lipinski definition) is 1. The summed E-state index contributed by atoms with van der Waals surface area (Å²) in [6, 6.07) is 12.2. The van der Waals surface area contributed by atoms with Crippen LogP contribution in [0.15, 0.2) is 42.5 Å². The maximum absolute atomic E-state index is 13.9. The third kappa shape index (κ3) is 3.45. The summed E-state index contributed by atoms with van der Waals surface area (Å²) in [6.07, 6.45) is 0.746. The van der Waals surface area contributed by atoms with Crippen LogP contribution in [0.4, 0.5) is 8.78 Å². The van der Waals surface area contributed by atoms with E-state index in [2.05, 4.69) is 17.0 Å². The SMILES string of the molecule is COc1cc(F)c(F)cc1C1(O)CC2COCC(C1)N2Cc1ccccc1. The summed E-state index contributed by atoms with van der Waals surface area (Å²) in [7, 11) is 1.40. The van der Waals surface area contributed by atoms with Crippen LogP contribution in [0.5, 0.6) is 5.75 Å². The largest absolute Gasteiger partial charge is 0.496 e. The van der Waals surface area contributed by atoms with Crippen molar-refractivity contribution in [1.82, 2.24) is 4.90 Å². The molecule has 2 aromatic rings. The van der Waals surface area contributed by atoms with Crippen LogP contribution in [0.2, 0.25) is 0 Å². The number of halogens is 2. The van der Waals surface area contributed by atoms with E-state index in [9.17, 15) is 13.9 Å². The Morgan fingerprint density at radius 2 is 1.74 bits per heavy atom. The summed E-state index contributed by atoms with van der Waals surface area (Å²) in [4.78, 5) is 2.35. The van der Waals surface area contributed by atoms with Gasteiger partial charge in [-0.1, -0.05) is 30.3 Å². The monoisotopic (exact) mass is 375 g/mol. The first-order valence-corrected chi connectivity index (χ1v) is 9.13. The van der Waals surface area contributed by atoms with Gasteiger partial charge in [-0.05, 0) is 24.5 Å². The highest BCUT2D eigenvalue weighted by molar-refractivity contribution is 5.40. The Bertz CT molecular complexity index is 801. The zero-order valence-electron chi connectivity index (χ0n) is 15.2. The first kappa shape index (κ1) is 18.3. The number of aliphatic hydroxyl groups is 1. The van der Waals surface area contributed by atoms with Gasteiger partial charge in [0.25, 0.3) is 0 Å². The number of fused-ring (bicyclic) bond motifs is 2. The molecule has 1 N–H and O–H groups in total.